The van der Waals surface area contributed by atoms with Crippen LogP contribution in [0.2, 0.25) is 0 Å². The molecule has 0 aromatic rings. The zero-order chi connectivity index (χ0) is 12.5. The van der Waals surface area contributed by atoms with Crippen molar-refractivity contribution >= 4 is 0 Å². The minimum atomic E-state index is 0.747. The Morgan fingerprint density at radius 1 is 0.882 bits per heavy atom. The van der Waals surface area contributed by atoms with E-state index in [0.717, 1.165) is 23.3 Å². The fraction of sp³-hybridized carbons (Fsp3) is 1.00. The standard InChI is InChI=1S/C16H31N/c1-13(2)15-5-7-16(8-6-15)9-11-17(12-10-16)14(3)4/h13-15H,5-12H2,1-4H3. The van der Waals surface area contributed by atoms with Gasteiger partial charge in [-0.15, -0.1) is 0 Å². The van der Waals surface area contributed by atoms with Crippen molar-refractivity contribution in [3.8, 4) is 0 Å². The van der Waals surface area contributed by atoms with Crippen LogP contribution in [0, 0.1) is 17.3 Å². The Balaban J connectivity index is 1.84. The summed E-state index contributed by atoms with van der Waals surface area (Å²) in [6.07, 6.45) is 8.97. The van der Waals surface area contributed by atoms with Gasteiger partial charge in [-0.05, 0) is 82.7 Å². The molecule has 1 aliphatic heterocycles. The molecular weight excluding hydrogens is 206 g/mol. The monoisotopic (exact) mass is 237 g/mol. The lowest BCUT2D eigenvalue weighted by molar-refractivity contribution is 0.0328. The van der Waals surface area contributed by atoms with E-state index in [1.807, 2.05) is 0 Å². The number of nitrogens with zero attached hydrogens (tertiary/aromatic N) is 1. The van der Waals surface area contributed by atoms with Crippen LogP contribution in [0.15, 0.2) is 0 Å². The average molecular weight is 237 g/mol. The van der Waals surface area contributed by atoms with Crippen LogP contribution in [-0.4, -0.2) is 24.0 Å². The number of rotatable bonds is 2. The van der Waals surface area contributed by atoms with Gasteiger partial charge in [0.05, 0.1) is 0 Å². The van der Waals surface area contributed by atoms with Crippen LogP contribution in [0.4, 0.5) is 0 Å². The van der Waals surface area contributed by atoms with E-state index >= 15 is 0 Å². The summed E-state index contributed by atoms with van der Waals surface area (Å²) in [6.45, 7) is 12.2. The minimum absolute atomic E-state index is 0.747. The first-order valence-electron chi connectivity index (χ1n) is 7.76. The van der Waals surface area contributed by atoms with Crippen LogP contribution in [0.3, 0.4) is 0 Å². The minimum Gasteiger partial charge on any atom is -0.301 e. The van der Waals surface area contributed by atoms with Crippen molar-refractivity contribution < 1.29 is 0 Å². The van der Waals surface area contributed by atoms with E-state index in [1.54, 1.807) is 0 Å². The third-order valence-electron chi connectivity index (χ3n) is 5.62. The van der Waals surface area contributed by atoms with E-state index in [1.165, 1.54) is 51.6 Å². The van der Waals surface area contributed by atoms with Gasteiger partial charge in [-0.1, -0.05) is 13.8 Å². The molecule has 2 fully saturated rings. The van der Waals surface area contributed by atoms with Gasteiger partial charge in [-0.25, -0.2) is 0 Å². The molecule has 0 bridgehead atoms. The zero-order valence-electron chi connectivity index (χ0n) is 12.3. The van der Waals surface area contributed by atoms with Gasteiger partial charge in [0.25, 0.3) is 0 Å². The summed E-state index contributed by atoms with van der Waals surface area (Å²) < 4.78 is 0. The van der Waals surface area contributed by atoms with Gasteiger partial charge >= 0.3 is 0 Å². The first-order valence-corrected chi connectivity index (χ1v) is 7.76. The van der Waals surface area contributed by atoms with Crippen molar-refractivity contribution in [1.82, 2.24) is 4.90 Å². The zero-order valence-corrected chi connectivity index (χ0v) is 12.3. The highest BCUT2D eigenvalue weighted by Gasteiger charge is 2.38. The van der Waals surface area contributed by atoms with Gasteiger partial charge in [0.15, 0.2) is 0 Å². The molecular formula is C16H31N. The molecule has 1 nitrogen and oxygen atoms in total. The molecule has 0 atom stereocenters. The predicted octanol–water partition coefficient (Wildman–Crippen LogP) is 4.32. The van der Waals surface area contributed by atoms with Crippen LogP contribution < -0.4 is 0 Å². The van der Waals surface area contributed by atoms with Crippen LogP contribution in [-0.2, 0) is 0 Å². The van der Waals surface area contributed by atoms with Gasteiger partial charge < -0.3 is 4.90 Å². The summed E-state index contributed by atoms with van der Waals surface area (Å²) in [5.41, 5.74) is 0.747. The average Bonchev–Trinajstić information content (AvgIpc) is 2.30. The van der Waals surface area contributed by atoms with E-state index in [-0.39, 0.29) is 0 Å². The third kappa shape index (κ3) is 3.05. The quantitative estimate of drug-likeness (QED) is 0.691. The van der Waals surface area contributed by atoms with E-state index in [4.69, 9.17) is 0 Å². The normalized spacial score (nSPS) is 27.2. The lowest BCUT2D eigenvalue weighted by atomic mass is 9.64. The molecule has 0 radical (unpaired) electrons. The molecule has 0 N–H and O–H groups in total. The van der Waals surface area contributed by atoms with Gasteiger partial charge in [-0.3, -0.25) is 0 Å². The Morgan fingerprint density at radius 3 is 1.82 bits per heavy atom. The first-order chi connectivity index (χ1) is 8.02. The molecule has 0 aromatic carbocycles. The second-order valence-corrected chi connectivity index (χ2v) is 7.21. The van der Waals surface area contributed by atoms with Crippen LogP contribution in [0.5, 0.6) is 0 Å². The van der Waals surface area contributed by atoms with Gasteiger partial charge in [0.1, 0.15) is 0 Å². The summed E-state index contributed by atoms with van der Waals surface area (Å²) >= 11 is 0. The highest BCUT2D eigenvalue weighted by molar-refractivity contribution is 4.91. The Morgan fingerprint density at radius 2 is 1.41 bits per heavy atom. The molecule has 17 heavy (non-hydrogen) atoms. The van der Waals surface area contributed by atoms with Crippen LogP contribution >= 0.6 is 0 Å². The maximum Gasteiger partial charge on any atom is 0.00385 e. The van der Waals surface area contributed by atoms with Crippen LogP contribution in [0.25, 0.3) is 0 Å². The maximum absolute atomic E-state index is 2.67. The lowest BCUT2D eigenvalue weighted by Crippen LogP contribution is -2.44. The molecule has 1 heterocycles. The molecule has 2 aliphatic rings. The fourth-order valence-corrected chi connectivity index (χ4v) is 3.93. The third-order valence-corrected chi connectivity index (χ3v) is 5.62. The molecule has 0 aromatic heterocycles. The molecule has 1 heteroatoms. The summed E-state index contributed by atoms with van der Waals surface area (Å²) in [5, 5.41) is 0. The SMILES string of the molecule is CC(C)C1CCC2(CC1)CCN(C(C)C)CC2. The molecule has 1 spiro atoms. The van der Waals surface area contributed by atoms with Crippen molar-refractivity contribution in [1.29, 1.82) is 0 Å². The summed E-state index contributed by atoms with van der Waals surface area (Å²) in [7, 11) is 0. The molecule has 2 rings (SSSR count). The molecule has 1 aliphatic carbocycles. The molecule has 100 valence electrons. The van der Waals surface area contributed by atoms with Gasteiger partial charge in [0, 0.05) is 6.04 Å². The van der Waals surface area contributed by atoms with E-state index < -0.39 is 0 Å². The molecule has 0 amide bonds. The largest absolute Gasteiger partial charge is 0.301 e. The highest BCUT2D eigenvalue weighted by atomic mass is 15.2. The summed E-state index contributed by atoms with van der Waals surface area (Å²) in [4.78, 5) is 2.67. The molecule has 0 unspecified atom stereocenters. The Kier molecular flexibility index (Phi) is 4.18. The van der Waals surface area contributed by atoms with Crippen LogP contribution in [0.1, 0.15) is 66.2 Å². The Hall–Kier alpha value is -0.0400. The Labute approximate surface area is 108 Å². The second kappa shape index (κ2) is 5.30. The van der Waals surface area contributed by atoms with Gasteiger partial charge in [0.2, 0.25) is 0 Å². The summed E-state index contributed by atoms with van der Waals surface area (Å²) in [5.74, 6) is 1.92. The lowest BCUT2D eigenvalue weighted by Gasteiger charge is -2.47. The van der Waals surface area contributed by atoms with Gasteiger partial charge in [-0.2, -0.15) is 0 Å². The van der Waals surface area contributed by atoms with E-state index in [9.17, 15) is 0 Å². The highest BCUT2D eigenvalue weighted by Crippen LogP contribution is 2.47. The number of likely N-dealkylation sites (tertiary alicyclic amines) is 1. The number of hydrogen-bond donors (Lipinski definition) is 0. The Bertz CT molecular complexity index is 198. The van der Waals surface area contributed by atoms with Crippen molar-refractivity contribution in [2.45, 2.75) is 72.3 Å². The summed E-state index contributed by atoms with van der Waals surface area (Å²) in [6, 6.07) is 0.749. The number of hydrogen-bond acceptors (Lipinski definition) is 1. The molecule has 1 saturated heterocycles. The predicted molar refractivity (Wildman–Crippen MR) is 75.2 cm³/mol. The first kappa shape index (κ1) is 13.4. The van der Waals surface area contributed by atoms with E-state index in [0.29, 0.717) is 0 Å². The van der Waals surface area contributed by atoms with Crippen molar-refractivity contribution in [3.05, 3.63) is 0 Å². The second-order valence-electron chi connectivity index (χ2n) is 7.21. The topological polar surface area (TPSA) is 3.24 Å². The van der Waals surface area contributed by atoms with Crippen molar-refractivity contribution in [2.24, 2.45) is 17.3 Å². The smallest absolute Gasteiger partial charge is 0.00385 e. The maximum atomic E-state index is 2.67. The number of piperidine rings is 1. The van der Waals surface area contributed by atoms with Crippen molar-refractivity contribution in [2.75, 3.05) is 13.1 Å². The fourth-order valence-electron chi connectivity index (χ4n) is 3.93. The van der Waals surface area contributed by atoms with E-state index in [2.05, 4.69) is 32.6 Å². The van der Waals surface area contributed by atoms with Crippen molar-refractivity contribution in [3.63, 3.8) is 0 Å². The molecule has 1 saturated carbocycles.